The Hall–Kier alpha value is -8.20. The minimum absolute atomic E-state index is 0.170. The van der Waals surface area contributed by atoms with E-state index in [0.29, 0.717) is 0 Å². The van der Waals surface area contributed by atoms with Gasteiger partial charge in [0, 0.05) is 38.7 Å². The molecule has 0 spiro atoms. The molecular weight excluding hydrogens is 785 g/mol. The molecule has 2 nitrogen and oxygen atoms in total. The fraction of sp³-hybridized carbons (Fsp3) is 0.0476. The topological polar surface area (TPSA) is 8.17 Å². The number of rotatable bonds is 8. The van der Waals surface area contributed by atoms with E-state index in [1.165, 1.54) is 77.4 Å². The van der Waals surface area contributed by atoms with Crippen LogP contribution < -0.4 is 4.90 Å². The molecule has 0 saturated carbocycles. The molecule has 10 aromatic carbocycles. The summed E-state index contributed by atoms with van der Waals surface area (Å²) in [6.45, 7) is 4.74. The van der Waals surface area contributed by atoms with E-state index in [0.717, 1.165) is 33.9 Å². The van der Waals surface area contributed by atoms with Crippen LogP contribution in [0.1, 0.15) is 25.0 Å². The summed E-state index contributed by atoms with van der Waals surface area (Å²) >= 11 is 0. The Balaban J connectivity index is 1.14. The smallest absolute Gasteiger partial charge is 0.0547 e. The standard InChI is InChI=1S/C63H46N2/c1-63(2)55-34-16-14-32-54(55)62-56(63)35-20-38-59(62)65(58-37-19-33-50(44-23-8-4-9-24-44)61(58)53-31-13-12-29-49(53)43-21-6-3-7-22-43)48-28-18-25-45(41-48)46-39-40-52-51-30-15-17-36-57(51)64(60(52)42-46)47-26-10-5-11-27-47/h3-42H,1-2H3. The number of nitrogens with zero attached hydrogens (tertiary/aromatic N) is 2. The van der Waals surface area contributed by atoms with E-state index in [2.05, 4.69) is 266 Å². The summed E-state index contributed by atoms with van der Waals surface area (Å²) in [5, 5.41) is 2.49. The van der Waals surface area contributed by atoms with Gasteiger partial charge in [0.25, 0.3) is 0 Å². The molecule has 0 amide bonds. The van der Waals surface area contributed by atoms with Gasteiger partial charge in [-0.2, -0.15) is 0 Å². The van der Waals surface area contributed by atoms with Gasteiger partial charge in [-0.05, 0) is 104 Å². The first-order chi connectivity index (χ1) is 32.0. The second kappa shape index (κ2) is 15.6. The molecule has 1 aromatic heterocycles. The molecule has 11 aromatic rings. The molecule has 1 aliphatic rings. The predicted octanol–water partition coefficient (Wildman–Crippen LogP) is 17.2. The summed E-state index contributed by atoms with van der Waals surface area (Å²) in [6, 6.07) is 89.0. The second-order valence-corrected chi connectivity index (χ2v) is 17.7. The minimum Gasteiger partial charge on any atom is -0.309 e. The van der Waals surface area contributed by atoms with Crippen molar-refractivity contribution in [1.82, 2.24) is 4.57 Å². The number of hydrogen-bond acceptors (Lipinski definition) is 1. The van der Waals surface area contributed by atoms with Gasteiger partial charge in [0.05, 0.1) is 22.4 Å². The highest BCUT2D eigenvalue weighted by molar-refractivity contribution is 6.10. The summed E-state index contributed by atoms with van der Waals surface area (Å²) in [7, 11) is 0. The number of fused-ring (bicyclic) bond motifs is 6. The molecule has 0 fully saturated rings. The molecule has 0 unspecified atom stereocenters. The molecule has 2 heteroatoms. The van der Waals surface area contributed by atoms with Crippen LogP contribution in [-0.2, 0) is 5.41 Å². The van der Waals surface area contributed by atoms with Crippen LogP contribution in [0.2, 0.25) is 0 Å². The Morgan fingerprint density at radius 2 is 0.862 bits per heavy atom. The van der Waals surface area contributed by atoms with E-state index in [-0.39, 0.29) is 5.41 Å². The van der Waals surface area contributed by atoms with Gasteiger partial charge in [-0.15, -0.1) is 0 Å². The van der Waals surface area contributed by atoms with Crippen molar-refractivity contribution in [2.24, 2.45) is 0 Å². The fourth-order valence-electron chi connectivity index (χ4n) is 10.6. The summed E-state index contributed by atoms with van der Waals surface area (Å²) in [4.78, 5) is 2.55. The normalized spacial score (nSPS) is 12.6. The Kier molecular flexibility index (Phi) is 9.21. The lowest BCUT2D eigenvalue weighted by Crippen LogP contribution is -2.16. The number of aromatic nitrogens is 1. The van der Waals surface area contributed by atoms with Crippen molar-refractivity contribution in [3.05, 3.63) is 254 Å². The van der Waals surface area contributed by atoms with Crippen molar-refractivity contribution in [3.63, 3.8) is 0 Å². The monoisotopic (exact) mass is 830 g/mol. The third kappa shape index (κ3) is 6.32. The van der Waals surface area contributed by atoms with Crippen molar-refractivity contribution < 1.29 is 0 Å². The van der Waals surface area contributed by atoms with Crippen molar-refractivity contribution in [2.75, 3.05) is 4.90 Å². The van der Waals surface area contributed by atoms with Gasteiger partial charge in [0.15, 0.2) is 0 Å². The van der Waals surface area contributed by atoms with Crippen LogP contribution in [-0.4, -0.2) is 4.57 Å². The molecule has 308 valence electrons. The van der Waals surface area contributed by atoms with Crippen molar-refractivity contribution in [2.45, 2.75) is 19.3 Å². The minimum atomic E-state index is -0.170. The highest BCUT2D eigenvalue weighted by Crippen LogP contribution is 2.56. The van der Waals surface area contributed by atoms with Crippen LogP contribution in [0, 0.1) is 0 Å². The number of hydrogen-bond donors (Lipinski definition) is 0. The molecular formula is C63H46N2. The Bertz CT molecular complexity index is 3560. The molecule has 0 radical (unpaired) electrons. The van der Waals surface area contributed by atoms with Gasteiger partial charge in [0.2, 0.25) is 0 Å². The third-order valence-electron chi connectivity index (χ3n) is 13.6. The van der Waals surface area contributed by atoms with Crippen LogP contribution in [0.4, 0.5) is 17.1 Å². The SMILES string of the molecule is CC1(C)c2ccccc2-c2c(N(c3cccc(-c4ccc5c6ccccc6n(-c6ccccc6)c5c4)c3)c3cccc(-c4ccccc4)c3-c3ccccc3-c3ccccc3)cccc21. The lowest BCUT2D eigenvalue weighted by atomic mass is 9.82. The average Bonchev–Trinajstić information content (AvgIpc) is 3.83. The van der Waals surface area contributed by atoms with Crippen LogP contribution in [0.5, 0.6) is 0 Å². The molecule has 1 heterocycles. The zero-order valence-electron chi connectivity index (χ0n) is 36.5. The molecule has 1 aliphatic carbocycles. The van der Waals surface area contributed by atoms with E-state index >= 15 is 0 Å². The average molecular weight is 831 g/mol. The first kappa shape index (κ1) is 38.5. The van der Waals surface area contributed by atoms with E-state index in [9.17, 15) is 0 Å². The molecule has 0 N–H and O–H groups in total. The van der Waals surface area contributed by atoms with Gasteiger partial charge in [0.1, 0.15) is 0 Å². The summed E-state index contributed by atoms with van der Waals surface area (Å²) in [5.74, 6) is 0. The summed E-state index contributed by atoms with van der Waals surface area (Å²) < 4.78 is 2.41. The van der Waals surface area contributed by atoms with Crippen LogP contribution in [0.3, 0.4) is 0 Å². The first-order valence-corrected chi connectivity index (χ1v) is 22.6. The second-order valence-electron chi connectivity index (χ2n) is 17.7. The molecule has 12 rings (SSSR count). The van der Waals surface area contributed by atoms with E-state index < -0.39 is 0 Å². The lowest BCUT2D eigenvalue weighted by Gasteiger charge is -2.32. The fourth-order valence-corrected chi connectivity index (χ4v) is 10.6. The van der Waals surface area contributed by atoms with Gasteiger partial charge in [-0.25, -0.2) is 0 Å². The molecule has 0 bridgehead atoms. The van der Waals surface area contributed by atoms with Crippen molar-refractivity contribution in [3.8, 4) is 61.3 Å². The van der Waals surface area contributed by atoms with Crippen LogP contribution in [0.15, 0.2) is 243 Å². The summed E-state index contributed by atoms with van der Waals surface area (Å²) in [5.41, 5.74) is 21.4. The highest BCUT2D eigenvalue weighted by atomic mass is 15.1. The van der Waals surface area contributed by atoms with Crippen molar-refractivity contribution in [1.29, 1.82) is 0 Å². The first-order valence-electron chi connectivity index (χ1n) is 22.6. The zero-order chi connectivity index (χ0) is 43.5. The summed E-state index contributed by atoms with van der Waals surface area (Å²) in [6.07, 6.45) is 0. The molecule has 0 atom stereocenters. The van der Waals surface area contributed by atoms with E-state index in [1.54, 1.807) is 0 Å². The number of anilines is 3. The Morgan fingerprint density at radius 3 is 1.63 bits per heavy atom. The van der Waals surface area contributed by atoms with Crippen LogP contribution >= 0.6 is 0 Å². The lowest BCUT2D eigenvalue weighted by molar-refractivity contribution is 0.660. The van der Waals surface area contributed by atoms with Crippen molar-refractivity contribution >= 4 is 38.9 Å². The van der Waals surface area contributed by atoms with E-state index in [4.69, 9.17) is 0 Å². The maximum Gasteiger partial charge on any atom is 0.0547 e. The number of benzene rings is 10. The van der Waals surface area contributed by atoms with E-state index in [1.807, 2.05) is 0 Å². The predicted molar refractivity (Wildman–Crippen MR) is 275 cm³/mol. The van der Waals surface area contributed by atoms with Crippen LogP contribution in [0.25, 0.3) is 83.1 Å². The van der Waals surface area contributed by atoms with Gasteiger partial charge in [-0.3, -0.25) is 0 Å². The number of para-hydroxylation sites is 2. The highest BCUT2D eigenvalue weighted by Gasteiger charge is 2.38. The quantitative estimate of drug-likeness (QED) is 0.148. The maximum absolute atomic E-state index is 2.55. The Labute approximate surface area is 381 Å². The van der Waals surface area contributed by atoms with Gasteiger partial charge < -0.3 is 9.47 Å². The zero-order valence-corrected chi connectivity index (χ0v) is 36.5. The molecule has 0 aliphatic heterocycles. The van der Waals surface area contributed by atoms with Gasteiger partial charge in [-0.1, -0.05) is 208 Å². The third-order valence-corrected chi connectivity index (χ3v) is 13.6. The van der Waals surface area contributed by atoms with Gasteiger partial charge >= 0.3 is 0 Å². The Morgan fingerprint density at radius 1 is 0.338 bits per heavy atom. The largest absolute Gasteiger partial charge is 0.309 e. The maximum atomic E-state index is 2.55. The molecule has 65 heavy (non-hydrogen) atoms. The molecule has 0 saturated heterocycles.